The summed E-state index contributed by atoms with van der Waals surface area (Å²) in [5.74, 6) is 0.0334. The highest BCUT2D eigenvalue weighted by molar-refractivity contribution is 5.94. The first-order valence-corrected chi connectivity index (χ1v) is 15.4. The van der Waals surface area contributed by atoms with Crippen molar-refractivity contribution in [3.05, 3.63) is 131 Å². The Kier molecular flexibility index (Phi) is 9.80. The first-order chi connectivity index (χ1) is 21.6. The lowest BCUT2D eigenvalue weighted by Crippen LogP contribution is -2.47. The van der Waals surface area contributed by atoms with E-state index in [0.29, 0.717) is 12.1 Å². The van der Waals surface area contributed by atoms with Crippen molar-refractivity contribution in [3.8, 4) is 11.1 Å². The quantitative estimate of drug-likeness (QED) is 0.252. The van der Waals surface area contributed by atoms with Crippen LogP contribution in [0, 0.1) is 5.92 Å². The number of hydrogen-bond acceptors (Lipinski definition) is 6. The second kappa shape index (κ2) is 14.3. The summed E-state index contributed by atoms with van der Waals surface area (Å²) in [6.07, 6.45) is -0.727. The second-order valence-corrected chi connectivity index (χ2v) is 11.6. The molecule has 44 heavy (non-hydrogen) atoms. The number of carbonyl (C=O) groups is 1. The van der Waals surface area contributed by atoms with Gasteiger partial charge in [0.25, 0.3) is 5.91 Å². The Morgan fingerprint density at radius 1 is 0.818 bits per heavy atom. The van der Waals surface area contributed by atoms with Gasteiger partial charge >= 0.3 is 0 Å². The zero-order chi connectivity index (χ0) is 30.3. The number of hydrogen-bond donors (Lipinski definition) is 2. The van der Waals surface area contributed by atoms with Gasteiger partial charge in [-0.25, -0.2) is 0 Å². The second-order valence-electron chi connectivity index (χ2n) is 11.6. The average molecular weight is 593 g/mol. The monoisotopic (exact) mass is 592 g/mol. The molecule has 0 aliphatic carbocycles. The van der Waals surface area contributed by atoms with E-state index >= 15 is 0 Å². The summed E-state index contributed by atoms with van der Waals surface area (Å²) in [4.78, 5) is 15.0. The SMILES string of the molecule is C[C@@H]1[C@H](CN2CCOCC2)O[C@H](c2cccc(-c3cccc(CNC(=O)c4ccccc4)c3)c2)O[C@@H]1c1ccc(CO)cc1. The molecular weight excluding hydrogens is 552 g/mol. The highest BCUT2D eigenvalue weighted by Gasteiger charge is 2.39. The number of rotatable bonds is 9. The van der Waals surface area contributed by atoms with E-state index in [1.807, 2.05) is 60.7 Å². The molecule has 2 aliphatic heterocycles. The summed E-state index contributed by atoms with van der Waals surface area (Å²) in [5, 5.41) is 12.6. The van der Waals surface area contributed by atoms with E-state index in [9.17, 15) is 9.90 Å². The van der Waals surface area contributed by atoms with Crippen LogP contribution < -0.4 is 5.32 Å². The predicted molar refractivity (Wildman–Crippen MR) is 170 cm³/mol. The van der Waals surface area contributed by atoms with Gasteiger partial charge in [-0.3, -0.25) is 9.69 Å². The highest BCUT2D eigenvalue weighted by Crippen LogP contribution is 2.42. The van der Waals surface area contributed by atoms with Crippen molar-refractivity contribution < 1.29 is 24.1 Å². The van der Waals surface area contributed by atoms with Crippen LogP contribution in [0.4, 0.5) is 0 Å². The number of benzene rings is 4. The summed E-state index contributed by atoms with van der Waals surface area (Å²) in [6, 6.07) is 33.9. The Balaban J connectivity index is 1.22. The van der Waals surface area contributed by atoms with Crippen molar-refractivity contribution in [1.82, 2.24) is 10.2 Å². The minimum Gasteiger partial charge on any atom is -0.392 e. The topological polar surface area (TPSA) is 80.3 Å². The molecule has 0 unspecified atom stereocenters. The molecule has 2 saturated heterocycles. The molecular formula is C37H40N2O5. The highest BCUT2D eigenvalue weighted by atomic mass is 16.7. The number of aliphatic hydroxyl groups is 1. The van der Waals surface area contributed by atoms with E-state index < -0.39 is 6.29 Å². The molecule has 6 rings (SSSR count). The summed E-state index contributed by atoms with van der Waals surface area (Å²) in [6.45, 7) is 6.73. The molecule has 2 N–H and O–H groups in total. The van der Waals surface area contributed by atoms with Crippen LogP contribution in [0.25, 0.3) is 11.1 Å². The van der Waals surface area contributed by atoms with Crippen LogP contribution in [0.15, 0.2) is 103 Å². The first-order valence-electron chi connectivity index (χ1n) is 15.4. The first kappa shape index (κ1) is 30.2. The van der Waals surface area contributed by atoms with Crippen LogP contribution in [0.1, 0.15) is 51.9 Å². The Labute approximate surface area is 259 Å². The zero-order valence-electron chi connectivity index (χ0n) is 25.1. The van der Waals surface area contributed by atoms with E-state index in [1.165, 1.54) is 0 Å². The molecule has 1 amide bonds. The molecule has 0 radical (unpaired) electrons. The predicted octanol–water partition coefficient (Wildman–Crippen LogP) is 5.90. The fourth-order valence-electron chi connectivity index (χ4n) is 5.97. The Morgan fingerprint density at radius 2 is 1.55 bits per heavy atom. The number of nitrogens with zero attached hydrogens (tertiary/aromatic N) is 1. The Hall–Kier alpha value is -3.85. The van der Waals surface area contributed by atoms with Gasteiger partial charge in [-0.15, -0.1) is 0 Å². The maximum absolute atomic E-state index is 12.6. The molecule has 2 aliphatic rings. The maximum atomic E-state index is 12.6. The van der Waals surface area contributed by atoms with Crippen LogP contribution >= 0.6 is 0 Å². The van der Waals surface area contributed by atoms with Crippen molar-refractivity contribution in [3.63, 3.8) is 0 Å². The molecule has 0 aromatic heterocycles. The number of aliphatic hydroxyl groups excluding tert-OH is 1. The minimum atomic E-state index is -0.534. The molecule has 4 atom stereocenters. The third-order valence-electron chi connectivity index (χ3n) is 8.57. The van der Waals surface area contributed by atoms with E-state index in [-0.39, 0.29) is 30.6 Å². The van der Waals surface area contributed by atoms with Gasteiger partial charge in [0.05, 0.1) is 32.0 Å². The van der Waals surface area contributed by atoms with E-state index in [4.69, 9.17) is 14.2 Å². The van der Waals surface area contributed by atoms with Crippen LogP contribution in [-0.2, 0) is 27.4 Å². The lowest BCUT2D eigenvalue weighted by molar-refractivity contribution is -0.277. The molecule has 0 bridgehead atoms. The smallest absolute Gasteiger partial charge is 0.251 e. The Bertz CT molecular complexity index is 1520. The molecule has 228 valence electrons. The third kappa shape index (κ3) is 7.26. The van der Waals surface area contributed by atoms with Gasteiger partial charge in [0.15, 0.2) is 6.29 Å². The summed E-state index contributed by atoms with van der Waals surface area (Å²) in [7, 11) is 0. The van der Waals surface area contributed by atoms with Gasteiger partial charge in [-0.1, -0.05) is 85.8 Å². The van der Waals surface area contributed by atoms with Crippen LogP contribution in [0.3, 0.4) is 0 Å². The number of morpholine rings is 1. The largest absolute Gasteiger partial charge is 0.392 e. The van der Waals surface area contributed by atoms with Gasteiger partial charge in [0.2, 0.25) is 0 Å². The number of amides is 1. The summed E-state index contributed by atoms with van der Waals surface area (Å²) >= 11 is 0. The van der Waals surface area contributed by atoms with Gasteiger partial charge < -0.3 is 24.6 Å². The molecule has 7 nitrogen and oxygen atoms in total. The van der Waals surface area contributed by atoms with Crippen LogP contribution in [0.5, 0.6) is 0 Å². The van der Waals surface area contributed by atoms with E-state index in [2.05, 4.69) is 59.6 Å². The van der Waals surface area contributed by atoms with Crippen molar-refractivity contribution in [1.29, 1.82) is 0 Å². The molecule has 0 saturated carbocycles. The minimum absolute atomic E-state index is 0.0140. The van der Waals surface area contributed by atoms with Crippen molar-refractivity contribution in [2.24, 2.45) is 5.92 Å². The maximum Gasteiger partial charge on any atom is 0.251 e. The molecule has 2 fully saturated rings. The number of carbonyl (C=O) groups excluding carboxylic acids is 1. The van der Waals surface area contributed by atoms with Crippen molar-refractivity contribution >= 4 is 5.91 Å². The number of ether oxygens (including phenoxy) is 3. The molecule has 7 heteroatoms. The van der Waals surface area contributed by atoms with Crippen LogP contribution in [0.2, 0.25) is 0 Å². The van der Waals surface area contributed by atoms with E-state index in [1.54, 1.807) is 0 Å². The fourth-order valence-corrected chi connectivity index (χ4v) is 5.97. The van der Waals surface area contributed by atoms with Gasteiger partial charge in [-0.05, 0) is 52.1 Å². The molecule has 4 aromatic carbocycles. The number of nitrogens with one attached hydrogen (secondary N) is 1. The Morgan fingerprint density at radius 3 is 2.30 bits per heavy atom. The standard InChI is InChI=1S/C37H40N2O5/c1-26-34(24-39-17-19-42-20-18-39)43-37(44-35(26)29-15-13-27(25-40)14-16-29)33-12-6-11-32(22-33)31-10-5-7-28(21-31)23-38-36(41)30-8-3-2-4-9-30/h2-16,21-22,26,34-35,37,40H,17-20,23-25H2,1H3,(H,38,41)/t26-,34+,35+,37+/m1/s1. The van der Waals surface area contributed by atoms with Gasteiger partial charge in [0.1, 0.15) is 0 Å². The van der Waals surface area contributed by atoms with Gasteiger partial charge in [0, 0.05) is 43.2 Å². The summed E-state index contributed by atoms with van der Waals surface area (Å²) < 4.78 is 19.0. The summed E-state index contributed by atoms with van der Waals surface area (Å²) in [5.41, 5.74) is 6.70. The van der Waals surface area contributed by atoms with E-state index in [0.717, 1.165) is 66.2 Å². The molecule has 0 spiro atoms. The van der Waals surface area contributed by atoms with Gasteiger partial charge in [-0.2, -0.15) is 0 Å². The molecule has 2 heterocycles. The van der Waals surface area contributed by atoms with Crippen molar-refractivity contribution in [2.45, 2.75) is 38.6 Å². The van der Waals surface area contributed by atoms with Crippen molar-refractivity contribution in [2.75, 3.05) is 32.8 Å². The molecule has 4 aromatic rings. The third-order valence-corrected chi connectivity index (χ3v) is 8.57. The van der Waals surface area contributed by atoms with Crippen LogP contribution in [-0.4, -0.2) is 54.9 Å². The average Bonchev–Trinajstić information content (AvgIpc) is 3.09. The lowest BCUT2D eigenvalue weighted by Gasteiger charge is -2.43. The normalized spacial score (nSPS) is 22.4. The zero-order valence-corrected chi connectivity index (χ0v) is 25.1. The lowest BCUT2D eigenvalue weighted by atomic mass is 9.89. The fraction of sp³-hybridized carbons (Fsp3) is 0.324.